The monoisotopic (exact) mass is 516 g/mol. The second-order valence-corrected chi connectivity index (χ2v) is 9.86. The SMILES string of the molecule is Nc1c2c(-c3ccccc3F)nc(N3CCN(CCN4CCOCC4)CC3)nc2nn1Cc1ccccc1. The van der Waals surface area contributed by atoms with E-state index in [1.54, 1.807) is 16.8 Å². The average Bonchev–Trinajstić information content (AvgIpc) is 3.28. The smallest absolute Gasteiger partial charge is 0.228 e. The molecule has 0 aliphatic carbocycles. The fourth-order valence-corrected chi connectivity index (χ4v) is 5.19. The van der Waals surface area contributed by atoms with Crippen LogP contribution in [0.3, 0.4) is 0 Å². The van der Waals surface area contributed by atoms with Crippen molar-refractivity contribution < 1.29 is 9.13 Å². The fourth-order valence-electron chi connectivity index (χ4n) is 5.19. The predicted octanol–water partition coefficient (Wildman–Crippen LogP) is 2.72. The van der Waals surface area contributed by atoms with Gasteiger partial charge in [-0.2, -0.15) is 4.98 Å². The van der Waals surface area contributed by atoms with Gasteiger partial charge in [-0.05, 0) is 17.7 Å². The van der Waals surface area contributed by atoms with Gasteiger partial charge in [0.2, 0.25) is 5.95 Å². The maximum absolute atomic E-state index is 15.0. The van der Waals surface area contributed by atoms with E-state index in [4.69, 9.17) is 25.5 Å². The quantitative estimate of drug-likeness (QED) is 0.401. The lowest BCUT2D eigenvalue weighted by molar-refractivity contribution is 0.0331. The third-order valence-electron chi connectivity index (χ3n) is 7.42. The van der Waals surface area contributed by atoms with Gasteiger partial charge in [0, 0.05) is 57.9 Å². The normalized spacial score (nSPS) is 17.3. The molecular formula is C28H33FN8O. The first-order valence-electron chi connectivity index (χ1n) is 13.3. The number of halogens is 1. The van der Waals surface area contributed by atoms with Crippen LogP contribution in [0.25, 0.3) is 22.3 Å². The summed E-state index contributed by atoms with van der Waals surface area (Å²) in [4.78, 5) is 16.8. The molecule has 2 N–H and O–H groups in total. The topological polar surface area (TPSA) is 88.6 Å². The molecular weight excluding hydrogens is 483 g/mol. The van der Waals surface area contributed by atoms with Crippen LogP contribution in [0.2, 0.25) is 0 Å². The molecule has 9 nitrogen and oxygen atoms in total. The third kappa shape index (κ3) is 5.20. The number of rotatable bonds is 7. The number of hydrogen-bond donors (Lipinski definition) is 1. The zero-order chi connectivity index (χ0) is 25.9. The van der Waals surface area contributed by atoms with E-state index in [1.165, 1.54) is 6.07 Å². The van der Waals surface area contributed by atoms with Crippen molar-refractivity contribution in [3.63, 3.8) is 0 Å². The van der Waals surface area contributed by atoms with Gasteiger partial charge < -0.3 is 15.4 Å². The summed E-state index contributed by atoms with van der Waals surface area (Å²) in [6.07, 6.45) is 0. The summed E-state index contributed by atoms with van der Waals surface area (Å²) in [5.41, 5.74) is 9.02. The Morgan fingerprint density at radius 2 is 1.50 bits per heavy atom. The molecule has 4 aromatic rings. The summed E-state index contributed by atoms with van der Waals surface area (Å²) in [5, 5.41) is 5.32. The largest absolute Gasteiger partial charge is 0.383 e. The number of fused-ring (bicyclic) bond motifs is 1. The molecule has 0 unspecified atom stereocenters. The Kier molecular flexibility index (Phi) is 7.17. The van der Waals surface area contributed by atoms with Crippen molar-refractivity contribution >= 4 is 22.8 Å². The Hall–Kier alpha value is -3.60. The summed E-state index contributed by atoms with van der Waals surface area (Å²) in [5.74, 6) is 0.649. The number of benzene rings is 2. The molecule has 2 aromatic carbocycles. The van der Waals surface area contributed by atoms with Crippen LogP contribution in [0, 0.1) is 5.82 Å². The summed E-state index contributed by atoms with van der Waals surface area (Å²) in [6, 6.07) is 16.7. The van der Waals surface area contributed by atoms with Crippen LogP contribution in [0.4, 0.5) is 16.2 Å². The third-order valence-corrected chi connectivity index (χ3v) is 7.42. The first-order chi connectivity index (χ1) is 18.7. The Bertz CT molecular complexity index is 1380. The molecule has 2 aromatic heterocycles. The minimum Gasteiger partial charge on any atom is -0.383 e. The molecule has 198 valence electrons. The lowest BCUT2D eigenvalue weighted by Gasteiger charge is -2.36. The summed E-state index contributed by atoms with van der Waals surface area (Å²) in [7, 11) is 0. The van der Waals surface area contributed by atoms with Crippen molar-refractivity contribution in [3.05, 3.63) is 66.0 Å². The number of morpholine rings is 1. The van der Waals surface area contributed by atoms with Crippen LogP contribution in [0.5, 0.6) is 0 Å². The van der Waals surface area contributed by atoms with Crippen molar-refractivity contribution in [1.82, 2.24) is 29.5 Å². The van der Waals surface area contributed by atoms with E-state index in [0.29, 0.717) is 40.6 Å². The highest BCUT2D eigenvalue weighted by Gasteiger charge is 2.25. The number of hydrogen-bond acceptors (Lipinski definition) is 8. The Balaban J connectivity index is 1.27. The van der Waals surface area contributed by atoms with Gasteiger partial charge in [0.25, 0.3) is 0 Å². The molecule has 0 bridgehead atoms. The van der Waals surface area contributed by atoms with Gasteiger partial charge in [-0.15, -0.1) is 5.10 Å². The van der Waals surface area contributed by atoms with Crippen molar-refractivity contribution in [2.75, 3.05) is 76.2 Å². The minimum absolute atomic E-state index is 0.346. The van der Waals surface area contributed by atoms with Gasteiger partial charge in [-0.1, -0.05) is 42.5 Å². The highest BCUT2D eigenvalue weighted by atomic mass is 19.1. The van der Waals surface area contributed by atoms with E-state index in [0.717, 1.165) is 71.1 Å². The van der Waals surface area contributed by atoms with Gasteiger partial charge in [-0.3, -0.25) is 9.80 Å². The number of nitrogens with zero attached hydrogens (tertiary/aromatic N) is 7. The van der Waals surface area contributed by atoms with Crippen molar-refractivity contribution in [1.29, 1.82) is 0 Å². The number of nitrogens with two attached hydrogens (primary N) is 1. The Labute approximate surface area is 221 Å². The van der Waals surface area contributed by atoms with E-state index in [2.05, 4.69) is 14.7 Å². The molecule has 2 saturated heterocycles. The van der Waals surface area contributed by atoms with Crippen LogP contribution in [-0.4, -0.2) is 95.1 Å². The highest BCUT2D eigenvalue weighted by molar-refractivity contribution is 5.99. The summed E-state index contributed by atoms with van der Waals surface area (Å²) >= 11 is 0. The van der Waals surface area contributed by atoms with Crippen LogP contribution >= 0.6 is 0 Å². The van der Waals surface area contributed by atoms with Gasteiger partial charge >= 0.3 is 0 Å². The average molecular weight is 517 g/mol. The standard InChI is InChI=1S/C28H33FN8O/c29-23-9-5-4-8-22(23)25-24-26(30)37(20-21-6-2-1-3-7-21)33-27(24)32-28(31-25)36-14-12-34(13-15-36)10-11-35-16-18-38-19-17-35/h1-9H,10-20,30H2. The summed E-state index contributed by atoms with van der Waals surface area (Å²) < 4.78 is 22.2. The number of aromatic nitrogens is 4. The lowest BCUT2D eigenvalue weighted by Crippen LogP contribution is -2.49. The van der Waals surface area contributed by atoms with Gasteiger partial charge in [0.15, 0.2) is 5.65 Å². The number of nitrogen functional groups attached to an aromatic ring is 1. The Morgan fingerprint density at radius 1 is 0.816 bits per heavy atom. The van der Waals surface area contributed by atoms with Crippen molar-refractivity contribution in [3.8, 4) is 11.3 Å². The maximum atomic E-state index is 15.0. The maximum Gasteiger partial charge on any atom is 0.228 e. The molecule has 0 spiro atoms. The fraction of sp³-hybridized carbons (Fsp3) is 0.393. The minimum atomic E-state index is -0.346. The number of piperazine rings is 1. The second-order valence-electron chi connectivity index (χ2n) is 9.86. The van der Waals surface area contributed by atoms with Crippen molar-refractivity contribution in [2.45, 2.75) is 6.54 Å². The van der Waals surface area contributed by atoms with E-state index in [1.807, 2.05) is 36.4 Å². The second kappa shape index (κ2) is 11.0. The Morgan fingerprint density at radius 3 is 2.24 bits per heavy atom. The lowest BCUT2D eigenvalue weighted by atomic mass is 10.1. The molecule has 10 heteroatoms. The zero-order valence-corrected chi connectivity index (χ0v) is 21.5. The molecule has 0 radical (unpaired) electrons. The molecule has 0 amide bonds. The van der Waals surface area contributed by atoms with E-state index in [-0.39, 0.29) is 5.82 Å². The van der Waals surface area contributed by atoms with E-state index in [9.17, 15) is 4.39 Å². The molecule has 6 rings (SSSR count). The molecule has 2 aliphatic heterocycles. The summed E-state index contributed by atoms with van der Waals surface area (Å²) in [6.45, 7) is 9.69. The van der Waals surface area contributed by atoms with Gasteiger partial charge in [-0.25, -0.2) is 14.1 Å². The van der Waals surface area contributed by atoms with Crippen LogP contribution in [0.15, 0.2) is 54.6 Å². The van der Waals surface area contributed by atoms with Crippen LogP contribution in [-0.2, 0) is 11.3 Å². The highest BCUT2D eigenvalue weighted by Crippen LogP contribution is 2.34. The van der Waals surface area contributed by atoms with E-state index >= 15 is 0 Å². The predicted molar refractivity (Wildman–Crippen MR) is 147 cm³/mol. The van der Waals surface area contributed by atoms with Crippen molar-refractivity contribution in [2.24, 2.45) is 0 Å². The van der Waals surface area contributed by atoms with Gasteiger partial charge in [0.05, 0.1) is 30.8 Å². The van der Waals surface area contributed by atoms with E-state index < -0.39 is 0 Å². The van der Waals surface area contributed by atoms with Gasteiger partial charge in [0.1, 0.15) is 11.6 Å². The van der Waals surface area contributed by atoms with Crippen LogP contribution < -0.4 is 10.6 Å². The number of anilines is 2. The molecule has 0 atom stereocenters. The first kappa shape index (κ1) is 24.7. The molecule has 38 heavy (non-hydrogen) atoms. The molecule has 4 heterocycles. The zero-order valence-electron chi connectivity index (χ0n) is 21.5. The molecule has 0 saturated carbocycles. The number of ether oxygens (including phenoxy) is 1. The molecule has 2 fully saturated rings. The van der Waals surface area contributed by atoms with Crippen LogP contribution in [0.1, 0.15) is 5.56 Å². The molecule has 2 aliphatic rings. The first-order valence-corrected chi connectivity index (χ1v) is 13.3.